The summed E-state index contributed by atoms with van der Waals surface area (Å²) in [6, 6.07) is 6.05. The summed E-state index contributed by atoms with van der Waals surface area (Å²) < 4.78 is 6.95. The van der Waals surface area contributed by atoms with Gasteiger partial charge in [-0.15, -0.1) is 0 Å². The number of methoxy groups -OCH3 is 1. The minimum atomic E-state index is -0.0820. The molecule has 3 nitrogen and oxygen atoms in total. The lowest BCUT2D eigenvalue weighted by Gasteiger charge is -2.20. The number of rotatable bonds is 2. The first kappa shape index (κ1) is 11.8. The highest BCUT2D eigenvalue weighted by atomic mass is 16.5. The maximum Gasteiger partial charge on any atom is 0.308 e. The van der Waals surface area contributed by atoms with Crippen molar-refractivity contribution in [1.82, 2.24) is 0 Å². The van der Waals surface area contributed by atoms with Gasteiger partial charge >= 0.3 is 5.97 Å². The summed E-state index contributed by atoms with van der Waals surface area (Å²) in [7, 11) is 1.46. The van der Waals surface area contributed by atoms with E-state index in [1.807, 2.05) is 18.2 Å². The maximum atomic E-state index is 11.5. The molecule has 0 radical (unpaired) electrons. The summed E-state index contributed by atoms with van der Waals surface area (Å²) in [5, 5.41) is 0. The van der Waals surface area contributed by atoms with Crippen molar-refractivity contribution in [2.75, 3.05) is 7.11 Å². The molecule has 0 aliphatic heterocycles. The predicted molar refractivity (Wildman–Crippen MR) is 64.9 cm³/mol. The zero-order valence-electron chi connectivity index (χ0n) is 10.3. The van der Waals surface area contributed by atoms with Gasteiger partial charge in [-0.25, -0.2) is 0 Å². The van der Waals surface area contributed by atoms with Crippen LogP contribution >= 0.6 is 0 Å². The fraction of sp³-hybridized carbons (Fsp3) is 0.429. The molecule has 1 unspecified atom stereocenters. The van der Waals surface area contributed by atoms with Gasteiger partial charge in [-0.2, -0.15) is 4.57 Å². The molecule has 1 heterocycles. The quantitative estimate of drug-likeness (QED) is 0.578. The summed E-state index contributed by atoms with van der Waals surface area (Å²) in [5.41, 5.74) is 2.59. The Morgan fingerprint density at radius 2 is 2.06 bits per heavy atom. The Morgan fingerprint density at radius 1 is 1.35 bits per heavy atom. The van der Waals surface area contributed by atoms with Crippen LogP contribution in [0.2, 0.25) is 0 Å². The van der Waals surface area contributed by atoms with Crippen LogP contribution in [0.4, 0.5) is 0 Å². The molecular formula is C14H18NO2+. The molecule has 2 rings (SSSR count). The molecule has 0 saturated carbocycles. The smallest absolute Gasteiger partial charge is 0.308 e. The van der Waals surface area contributed by atoms with Gasteiger partial charge in [-0.1, -0.05) is 6.07 Å². The largest absolute Gasteiger partial charge is 0.469 e. The second kappa shape index (κ2) is 5.13. The highest BCUT2D eigenvalue weighted by Crippen LogP contribution is 2.29. The maximum absolute atomic E-state index is 11.5. The molecule has 0 saturated heterocycles. The number of hydrogen-bond donors (Lipinski definition) is 0. The number of pyridine rings is 1. The second-order valence-corrected chi connectivity index (χ2v) is 4.47. The van der Waals surface area contributed by atoms with Crippen molar-refractivity contribution in [2.24, 2.45) is 5.92 Å². The molecule has 0 aromatic carbocycles. The van der Waals surface area contributed by atoms with Crippen molar-refractivity contribution in [3.8, 4) is 0 Å². The molecule has 3 heteroatoms. The Bertz CT molecular complexity index is 437. The van der Waals surface area contributed by atoms with Gasteiger partial charge in [0.1, 0.15) is 0 Å². The van der Waals surface area contributed by atoms with E-state index in [0.717, 1.165) is 19.3 Å². The average molecular weight is 232 g/mol. The number of allylic oxidation sites excluding steroid dienone is 2. The Balaban J connectivity index is 2.19. The van der Waals surface area contributed by atoms with E-state index >= 15 is 0 Å². The molecular weight excluding hydrogens is 214 g/mol. The second-order valence-electron chi connectivity index (χ2n) is 4.47. The molecule has 1 aliphatic carbocycles. The third-order valence-electron chi connectivity index (χ3n) is 3.34. The van der Waals surface area contributed by atoms with E-state index in [1.165, 1.54) is 18.4 Å². The standard InChI is InChI=1S/C14H18NO2/c1-11-10-12(14(16)17-2)6-7-13(11)15-8-4-3-5-9-15/h3-5,8-9,12H,6-7,10H2,1-2H3/q+1. The fourth-order valence-corrected chi connectivity index (χ4v) is 2.41. The number of nitrogens with zero attached hydrogens (tertiary/aromatic N) is 1. The molecule has 1 aliphatic rings. The number of aromatic nitrogens is 1. The molecule has 0 amide bonds. The van der Waals surface area contributed by atoms with Crippen LogP contribution in [0.25, 0.3) is 5.70 Å². The van der Waals surface area contributed by atoms with Crippen LogP contribution in [0.3, 0.4) is 0 Å². The molecule has 1 atom stereocenters. The van der Waals surface area contributed by atoms with E-state index in [4.69, 9.17) is 4.74 Å². The Kier molecular flexibility index (Phi) is 3.57. The lowest BCUT2D eigenvalue weighted by Crippen LogP contribution is -2.35. The normalized spacial score (nSPS) is 20.2. The van der Waals surface area contributed by atoms with Crippen LogP contribution in [-0.2, 0) is 9.53 Å². The summed E-state index contributed by atoms with van der Waals surface area (Å²) in [6.07, 6.45) is 6.72. The van der Waals surface area contributed by atoms with E-state index in [1.54, 1.807) is 0 Å². The van der Waals surface area contributed by atoms with Crippen molar-refractivity contribution < 1.29 is 14.1 Å². The summed E-state index contributed by atoms with van der Waals surface area (Å²) in [4.78, 5) is 11.5. The van der Waals surface area contributed by atoms with Gasteiger partial charge in [-0.3, -0.25) is 4.79 Å². The number of esters is 1. The molecule has 1 aromatic heterocycles. The topological polar surface area (TPSA) is 30.2 Å². The van der Waals surface area contributed by atoms with E-state index < -0.39 is 0 Å². The molecule has 90 valence electrons. The van der Waals surface area contributed by atoms with Crippen LogP contribution in [0.5, 0.6) is 0 Å². The lowest BCUT2D eigenvalue weighted by atomic mass is 9.87. The minimum absolute atomic E-state index is 0.0352. The molecule has 1 aromatic rings. The summed E-state index contributed by atoms with van der Waals surface area (Å²) in [5.74, 6) is -0.0467. The number of hydrogen-bond acceptors (Lipinski definition) is 2. The highest BCUT2D eigenvalue weighted by molar-refractivity contribution is 5.73. The Hall–Kier alpha value is -1.64. The lowest BCUT2D eigenvalue weighted by molar-refractivity contribution is -0.584. The first-order valence-electron chi connectivity index (χ1n) is 5.95. The van der Waals surface area contributed by atoms with Crippen molar-refractivity contribution in [3.05, 3.63) is 36.2 Å². The van der Waals surface area contributed by atoms with Gasteiger partial charge in [0.15, 0.2) is 18.1 Å². The average Bonchev–Trinajstić information content (AvgIpc) is 2.38. The highest BCUT2D eigenvalue weighted by Gasteiger charge is 2.29. The van der Waals surface area contributed by atoms with Gasteiger partial charge < -0.3 is 4.74 Å². The van der Waals surface area contributed by atoms with Crippen molar-refractivity contribution >= 4 is 11.7 Å². The van der Waals surface area contributed by atoms with Crippen LogP contribution in [0.15, 0.2) is 36.2 Å². The zero-order chi connectivity index (χ0) is 12.3. The van der Waals surface area contributed by atoms with Gasteiger partial charge in [0.2, 0.25) is 0 Å². The molecule has 17 heavy (non-hydrogen) atoms. The number of carbonyl (C=O) groups excluding carboxylic acids is 1. The number of ether oxygens (including phenoxy) is 1. The van der Waals surface area contributed by atoms with E-state index in [9.17, 15) is 4.79 Å². The van der Waals surface area contributed by atoms with Crippen LogP contribution in [0, 0.1) is 5.92 Å². The van der Waals surface area contributed by atoms with Gasteiger partial charge in [0, 0.05) is 18.6 Å². The van der Waals surface area contributed by atoms with E-state index in [2.05, 4.69) is 23.9 Å². The molecule has 0 bridgehead atoms. The first-order valence-corrected chi connectivity index (χ1v) is 5.95. The summed E-state index contributed by atoms with van der Waals surface area (Å²) >= 11 is 0. The van der Waals surface area contributed by atoms with Crippen molar-refractivity contribution in [2.45, 2.75) is 26.2 Å². The van der Waals surface area contributed by atoms with Crippen LogP contribution in [-0.4, -0.2) is 13.1 Å². The first-order chi connectivity index (χ1) is 8.22. The molecule has 0 spiro atoms. The van der Waals surface area contributed by atoms with Crippen LogP contribution < -0.4 is 4.57 Å². The minimum Gasteiger partial charge on any atom is -0.469 e. The zero-order valence-corrected chi connectivity index (χ0v) is 10.3. The van der Waals surface area contributed by atoms with Gasteiger partial charge in [-0.05, 0) is 25.3 Å². The Labute approximate surface area is 102 Å². The number of carbonyl (C=O) groups is 1. The van der Waals surface area contributed by atoms with E-state index in [0.29, 0.717) is 0 Å². The summed E-state index contributed by atoms with van der Waals surface area (Å²) in [6.45, 7) is 2.10. The Morgan fingerprint density at radius 3 is 2.65 bits per heavy atom. The van der Waals surface area contributed by atoms with Gasteiger partial charge in [0.25, 0.3) is 0 Å². The van der Waals surface area contributed by atoms with E-state index in [-0.39, 0.29) is 11.9 Å². The van der Waals surface area contributed by atoms with Crippen molar-refractivity contribution in [3.63, 3.8) is 0 Å². The van der Waals surface area contributed by atoms with Crippen LogP contribution in [0.1, 0.15) is 26.2 Å². The third-order valence-corrected chi connectivity index (χ3v) is 3.34. The molecule has 0 N–H and O–H groups in total. The fourth-order valence-electron chi connectivity index (χ4n) is 2.41. The SMILES string of the molecule is COC(=O)C1CCC([n+]2ccccc2)=C(C)C1. The third kappa shape index (κ3) is 2.54. The van der Waals surface area contributed by atoms with Gasteiger partial charge in [0.05, 0.1) is 13.0 Å². The van der Waals surface area contributed by atoms with Crippen molar-refractivity contribution in [1.29, 1.82) is 0 Å². The monoisotopic (exact) mass is 232 g/mol. The predicted octanol–water partition coefficient (Wildman–Crippen LogP) is 2.18. The molecule has 0 fully saturated rings.